The fourth-order valence-electron chi connectivity index (χ4n) is 2.08. The van der Waals surface area contributed by atoms with E-state index in [0.29, 0.717) is 11.5 Å². The molecule has 2 aromatic rings. The van der Waals surface area contributed by atoms with E-state index in [0.717, 1.165) is 0 Å². The normalized spacial score (nSPS) is 15.8. The van der Waals surface area contributed by atoms with Crippen molar-refractivity contribution in [2.24, 2.45) is 0 Å². The lowest BCUT2D eigenvalue weighted by molar-refractivity contribution is -0.384. The van der Waals surface area contributed by atoms with Crippen LogP contribution in [0.4, 0.5) is 11.4 Å². The van der Waals surface area contributed by atoms with Gasteiger partial charge in [0.25, 0.3) is 11.6 Å². The zero-order valence-electron chi connectivity index (χ0n) is 11.7. The number of non-ortho nitro benzene ring substituents is 1. The zero-order valence-corrected chi connectivity index (χ0v) is 12.4. The summed E-state index contributed by atoms with van der Waals surface area (Å²) in [4.78, 5) is 22.4. The molecule has 2 aromatic carbocycles. The van der Waals surface area contributed by atoms with Gasteiger partial charge in [-0.15, -0.1) is 0 Å². The number of nitro benzene ring substituents is 1. The fraction of sp³-hybridized carbons (Fsp3) is 0.133. The van der Waals surface area contributed by atoms with E-state index in [2.05, 4.69) is 5.32 Å². The summed E-state index contributed by atoms with van der Waals surface area (Å²) in [5, 5.41) is 13.3. The summed E-state index contributed by atoms with van der Waals surface area (Å²) in [6.07, 6.45) is -0.837. The molecule has 0 saturated heterocycles. The number of benzene rings is 2. The van der Waals surface area contributed by atoms with Crippen molar-refractivity contribution in [3.63, 3.8) is 0 Å². The van der Waals surface area contributed by atoms with Crippen molar-refractivity contribution in [1.82, 2.24) is 0 Å². The van der Waals surface area contributed by atoms with Crippen LogP contribution in [0.15, 0.2) is 42.5 Å². The minimum Gasteiger partial charge on any atom is -0.485 e. The van der Waals surface area contributed by atoms with E-state index in [1.807, 2.05) is 0 Å². The highest BCUT2D eigenvalue weighted by molar-refractivity contribution is 6.34. The van der Waals surface area contributed by atoms with E-state index in [1.165, 1.54) is 18.2 Å². The topological polar surface area (TPSA) is 90.7 Å². The molecule has 1 N–H and O–H groups in total. The summed E-state index contributed by atoms with van der Waals surface area (Å²) in [5.41, 5.74) is 0.115. The van der Waals surface area contributed by atoms with Gasteiger partial charge in [-0.2, -0.15) is 0 Å². The molecule has 1 amide bonds. The first-order valence-corrected chi connectivity index (χ1v) is 7.05. The Bertz CT molecular complexity index is 780. The Morgan fingerprint density at radius 1 is 1.26 bits per heavy atom. The molecule has 8 heteroatoms. The fourth-order valence-corrected chi connectivity index (χ4v) is 2.30. The third kappa shape index (κ3) is 3.19. The minimum atomic E-state index is -0.837. The lowest BCUT2D eigenvalue weighted by Gasteiger charge is -2.25. The van der Waals surface area contributed by atoms with Gasteiger partial charge in [0.05, 0.1) is 15.6 Å². The van der Waals surface area contributed by atoms with Crippen LogP contribution < -0.4 is 14.8 Å². The van der Waals surface area contributed by atoms with Crippen LogP contribution >= 0.6 is 11.6 Å². The quantitative estimate of drug-likeness (QED) is 0.688. The van der Waals surface area contributed by atoms with Crippen LogP contribution in [-0.4, -0.2) is 23.5 Å². The van der Waals surface area contributed by atoms with Crippen LogP contribution in [0.25, 0.3) is 0 Å². The van der Waals surface area contributed by atoms with Gasteiger partial charge in [-0.25, -0.2) is 0 Å². The molecule has 0 saturated carbocycles. The molecule has 3 rings (SSSR count). The van der Waals surface area contributed by atoms with Gasteiger partial charge in [0, 0.05) is 12.1 Å². The molecule has 0 bridgehead atoms. The smallest absolute Gasteiger partial charge is 0.271 e. The number of nitrogens with zero attached hydrogens (tertiary/aromatic N) is 1. The highest BCUT2D eigenvalue weighted by Crippen LogP contribution is 2.32. The van der Waals surface area contributed by atoms with E-state index in [-0.39, 0.29) is 23.0 Å². The van der Waals surface area contributed by atoms with Gasteiger partial charge in [-0.3, -0.25) is 14.9 Å². The second-order valence-electron chi connectivity index (χ2n) is 4.77. The van der Waals surface area contributed by atoms with Gasteiger partial charge >= 0.3 is 0 Å². The SMILES string of the molecule is O=C(Nc1ccc([N+](=O)[O-])cc1Cl)[C@@H]1COc2ccccc2O1. The number of halogens is 1. The molecule has 23 heavy (non-hydrogen) atoms. The summed E-state index contributed by atoms with van der Waals surface area (Å²) < 4.78 is 11.0. The third-order valence-electron chi connectivity index (χ3n) is 3.22. The molecule has 0 aliphatic carbocycles. The largest absolute Gasteiger partial charge is 0.485 e. The maximum Gasteiger partial charge on any atom is 0.271 e. The van der Waals surface area contributed by atoms with Gasteiger partial charge in [0.15, 0.2) is 11.5 Å². The van der Waals surface area contributed by atoms with Crippen molar-refractivity contribution in [3.05, 3.63) is 57.6 Å². The molecule has 0 spiro atoms. The van der Waals surface area contributed by atoms with Crippen LogP contribution in [-0.2, 0) is 4.79 Å². The molecular weight excluding hydrogens is 324 g/mol. The minimum absolute atomic E-state index is 0.0629. The van der Waals surface area contributed by atoms with Crippen molar-refractivity contribution in [2.75, 3.05) is 11.9 Å². The highest BCUT2D eigenvalue weighted by Gasteiger charge is 2.27. The number of carbonyl (C=O) groups is 1. The Labute approximate surface area is 135 Å². The number of amides is 1. The molecule has 0 fully saturated rings. The molecule has 0 radical (unpaired) electrons. The van der Waals surface area contributed by atoms with E-state index in [9.17, 15) is 14.9 Å². The van der Waals surface area contributed by atoms with E-state index >= 15 is 0 Å². The van der Waals surface area contributed by atoms with Gasteiger partial charge in [0.2, 0.25) is 6.10 Å². The van der Waals surface area contributed by atoms with Gasteiger partial charge in [0.1, 0.15) is 6.61 Å². The van der Waals surface area contributed by atoms with Crippen molar-refractivity contribution >= 4 is 28.9 Å². The maximum absolute atomic E-state index is 12.2. The van der Waals surface area contributed by atoms with E-state index in [1.54, 1.807) is 24.3 Å². The van der Waals surface area contributed by atoms with Crippen LogP contribution in [0.5, 0.6) is 11.5 Å². The number of ether oxygens (including phenoxy) is 2. The second kappa shape index (κ2) is 6.13. The van der Waals surface area contributed by atoms with E-state index < -0.39 is 16.9 Å². The number of nitro groups is 1. The lowest BCUT2D eigenvalue weighted by Crippen LogP contribution is -2.40. The van der Waals surface area contributed by atoms with Crippen LogP contribution in [0.3, 0.4) is 0 Å². The molecule has 7 nitrogen and oxygen atoms in total. The van der Waals surface area contributed by atoms with Crippen LogP contribution in [0.1, 0.15) is 0 Å². The summed E-state index contributed by atoms with van der Waals surface area (Å²) in [7, 11) is 0. The van der Waals surface area contributed by atoms with Crippen LogP contribution in [0, 0.1) is 10.1 Å². The molecule has 0 unspecified atom stereocenters. The van der Waals surface area contributed by atoms with Crippen molar-refractivity contribution in [2.45, 2.75) is 6.10 Å². The van der Waals surface area contributed by atoms with Crippen LogP contribution in [0.2, 0.25) is 5.02 Å². The first-order chi connectivity index (χ1) is 11.0. The van der Waals surface area contributed by atoms with E-state index in [4.69, 9.17) is 21.1 Å². The molecule has 1 aliphatic rings. The van der Waals surface area contributed by atoms with Gasteiger partial charge < -0.3 is 14.8 Å². The highest BCUT2D eigenvalue weighted by atomic mass is 35.5. The number of hydrogen-bond donors (Lipinski definition) is 1. The lowest BCUT2D eigenvalue weighted by atomic mass is 10.2. The molecule has 0 aromatic heterocycles. The molecular formula is C15H11ClN2O5. The zero-order chi connectivity index (χ0) is 16.4. The average molecular weight is 335 g/mol. The Kier molecular flexibility index (Phi) is 4.03. The Morgan fingerprint density at radius 2 is 2.00 bits per heavy atom. The number of para-hydroxylation sites is 2. The molecule has 118 valence electrons. The number of nitrogens with one attached hydrogen (secondary N) is 1. The maximum atomic E-state index is 12.2. The predicted molar refractivity (Wildman–Crippen MR) is 83.1 cm³/mol. The van der Waals surface area contributed by atoms with Crippen molar-refractivity contribution in [3.8, 4) is 11.5 Å². The number of carbonyl (C=O) groups excluding carboxylic acids is 1. The summed E-state index contributed by atoms with van der Waals surface area (Å²) >= 11 is 5.95. The van der Waals surface area contributed by atoms with Crippen molar-refractivity contribution < 1.29 is 19.2 Å². The Balaban J connectivity index is 1.72. The second-order valence-corrected chi connectivity index (χ2v) is 5.18. The first-order valence-electron chi connectivity index (χ1n) is 6.68. The number of fused-ring (bicyclic) bond motifs is 1. The number of rotatable bonds is 3. The number of hydrogen-bond acceptors (Lipinski definition) is 5. The molecule has 1 atom stereocenters. The van der Waals surface area contributed by atoms with Gasteiger partial charge in [-0.05, 0) is 18.2 Å². The van der Waals surface area contributed by atoms with Crippen molar-refractivity contribution in [1.29, 1.82) is 0 Å². The summed E-state index contributed by atoms with van der Waals surface area (Å²) in [6, 6.07) is 10.8. The monoisotopic (exact) mass is 334 g/mol. The predicted octanol–water partition coefficient (Wildman–Crippen LogP) is 3.03. The molecule has 1 heterocycles. The average Bonchev–Trinajstić information content (AvgIpc) is 2.56. The van der Waals surface area contributed by atoms with Gasteiger partial charge in [-0.1, -0.05) is 23.7 Å². The summed E-state index contributed by atoms with van der Waals surface area (Å²) in [5.74, 6) is 0.605. The Morgan fingerprint density at radius 3 is 2.70 bits per heavy atom. The molecule has 1 aliphatic heterocycles. The standard InChI is InChI=1S/C15H11ClN2O5/c16-10-7-9(18(20)21)5-6-11(10)17-15(19)14-8-22-12-3-1-2-4-13(12)23-14/h1-7,14H,8H2,(H,17,19)/t14-/m0/s1. The summed E-state index contributed by atoms with van der Waals surface area (Å²) in [6.45, 7) is 0.0629. The number of anilines is 1. The third-order valence-corrected chi connectivity index (χ3v) is 3.54. The first kappa shape index (κ1) is 15.1. The Hall–Kier alpha value is -2.80.